The Morgan fingerprint density at radius 1 is 1.53 bits per heavy atom. The molecule has 0 spiro atoms. The lowest BCUT2D eigenvalue weighted by atomic mass is 10.3. The highest BCUT2D eigenvalue weighted by molar-refractivity contribution is 7.86. The standard InChI is InChI=1S/C10H20N2O4S/c1-3-6-11(8-10(13)14)17(15,16)12-7-4-5-9(12)2/h9H,3-8H2,1-2H3,(H,13,14). The van der Waals surface area contributed by atoms with Gasteiger partial charge in [0.2, 0.25) is 0 Å². The van der Waals surface area contributed by atoms with E-state index < -0.39 is 22.7 Å². The summed E-state index contributed by atoms with van der Waals surface area (Å²) in [5.41, 5.74) is 0. The Balaban J connectivity index is 2.87. The van der Waals surface area contributed by atoms with Crippen LogP contribution in [-0.2, 0) is 15.0 Å². The highest BCUT2D eigenvalue weighted by Gasteiger charge is 2.36. The number of hydrogen-bond donors (Lipinski definition) is 1. The number of carboxylic acid groups (broad SMARTS) is 1. The summed E-state index contributed by atoms with van der Waals surface area (Å²) in [6.07, 6.45) is 2.29. The van der Waals surface area contributed by atoms with E-state index in [1.165, 1.54) is 4.31 Å². The number of hydrogen-bond acceptors (Lipinski definition) is 3. The van der Waals surface area contributed by atoms with Crippen molar-refractivity contribution < 1.29 is 18.3 Å². The lowest BCUT2D eigenvalue weighted by molar-refractivity contribution is -0.137. The van der Waals surface area contributed by atoms with Crippen LogP contribution in [0.25, 0.3) is 0 Å². The summed E-state index contributed by atoms with van der Waals surface area (Å²) in [5.74, 6) is -1.12. The van der Waals surface area contributed by atoms with E-state index in [-0.39, 0.29) is 12.6 Å². The lowest BCUT2D eigenvalue weighted by Gasteiger charge is -2.28. The van der Waals surface area contributed by atoms with Crippen LogP contribution in [0.15, 0.2) is 0 Å². The van der Waals surface area contributed by atoms with Gasteiger partial charge >= 0.3 is 5.97 Å². The summed E-state index contributed by atoms with van der Waals surface area (Å²) >= 11 is 0. The van der Waals surface area contributed by atoms with Gasteiger partial charge in [0.1, 0.15) is 6.54 Å². The Labute approximate surface area is 102 Å². The first kappa shape index (κ1) is 14.4. The maximum atomic E-state index is 12.3. The molecule has 1 heterocycles. The molecule has 6 nitrogen and oxygen atoms in total. The summed E-state index contributed by atoms with van der Waals surface area (Å²) in [6.45, 7) is 3.97. The molecule has 1 N–H and O–H groups in total. The van der Waals surface area contributed by atoms with Gasteiger partial charge < -0.3 is 5.11 Å². The van der Waals surface area contributed by atoms with Gasteiger partial charge in [-0.2, -0.15) is 17.0 Å². The smallest absolute Gasteiger partial charge is 0.318 e. The molecule has 1 unspecified atom stereocenters. The zero-order valence-electron chi connectivity index (χ0n) is 10.3. The van der Waals surface area contributed by atoms with Crippen LogP contribution in [0.5, 0.6) is 0 Å². The van der Waals surface area contributed by atoms with Crippen LogP contribution < -0.4 is 0 Å². The summed E-state index contributed by atoms with van der Waals surface area (Å²) in [7, 11) is -3.62. The molecule has 1 aliphatic rings. The molecule has 0 amide bonds. The van der Waals surface area contributed by atoms with Gasteiger partial charge in [0.25, 0.3) is 10.2 Å². The molecule has 0 radical (unpaired) electrons. The molecule has 100 valence electrons. The minimum absolute atomic E-state index is 0.0341. The first-order chi connectivity index (χ1) is 7.89. The van der Waals surface area contributed by atoms with Crippen LogP contribution in [0.3, 0.4) is 0 Å². The van der Waals surface area contributed by atoms with E-state index in [4.69, 9.17) is 5.11 Å². The van der Waals surface area contributed by atoms with Gasteiger partial charge in [-0.25, -0.2) is 0 Å². The van der Waals surface area contributed by atoms with Gasteiger partial charge in [0, 0.05) is 19.1 Å². The van der Waals surface area contributed by atoms with E-state index >= 15 is 0 Å². The summed E-state index contributed by atoms with van der Waals surface area (Å²) < 4.78 is 27.0. The van der Waals surface area contributed by atoms with Gasteiger partial charge in [-0.05, 0) is 26.2 Å². The molecule has 1 rings (SSSR count). The minimum Gasteiger partial charge on any atom is -0.480 e. The highest BCUT2D eigenvalue weighted by atomic mass is 32.2. The van der Waals surface area contributed by atoms with Crippen LogP contribution >= 0.6 is 0 Å². The second-order valence-corrected chi connectivity index (χ2v) is 6.22. The highest BCUT2D eigenvalue weighted by Crippen LogP contribution is 2.22. The van der Waals surface area contributed by atoms with Gasteiger partial charge in [0.05, 0.1) is 0 Å². The summed E-state index contributed by atoms with van der Waals surface area (Å²) in [5, 5.41) is 8.76. The molecule has 1 atom stereocenters. The van der Waals surface area contributed by atoms with E-state index in [1.54, 1.807) is 0 Å². The molecule has 0 bridgehead atoms. The van der Waals surface area contributed by atoms with Gasteiger partial charge in [-0.1, -0.05) is 6.92 Å². The molecule has 0 saturated carbocycles. The average Bonchev–Trinajstić information content (AvgIpc) is 2.63. The first-order valence-electron chi connectivity index (χ1n) is 5.88. The third kappa shape index (κ3) is 3.40. The van der Waals surface area contributed by atoms with E-state index in [1.807, 2.05) is 13.8 Å². The third-order valence-electron chi connectivity index (χ3n) is 2.90. The largest absolute Gasteiger partial charge is 0.480 e. The van der Waals surface area contributed by atoms with Crippen LogP contribution in [0.1, 0.15) is 33.1 Å². The summed E-state index contributed by atoms with van der Waals surface area (Å²) in [6, 6.07) is -0.0341. The predicted octanol–water partition coefficient (Wildman–Crippen LogP) is 0.512. The summed E-state index contributed by atoms with van der Waals surface area (Å²) in [4.78, 5) is 10.7. The SMILES string of the molecule is CCCN(CC(=O)O)S(=O)(=O)N1CCCC1C. The molecular weight excluding hydrogens is 244 g/mol. The topological polar surface area (TPSA) is 77.9 Å². The Kier molecular flexibility index (Phi) is 4.91. The Bertz CT molecular complexity index is 369. The van der Waals surface area contributed by atoms with Crippen molar-refractivity contribution in [3.63, 3.8) is 0 Å². The van der Waals surface area contributed by atoms with Gasteiger partial charge in [0.15, 0.2) is 0 Å². The third-order valence-corrected chi connectivity index (χ3v) is 5.00. The molecule has 1 fully saturated rings. The molecular formula is C10H20N2O4S. The fraction of sp³-hybridized carbons (Fsp3) is 0.900. The van der Waals surface area contributed by atoms with Crippen molar-refractivity contribution in [3.8, 4) is 0 Å². The minimum atomic E-state index is -3.62. The van der Waals surface area contributed by atoms with E-state index in [0.29, 0.717) is 13.0 Å². The van der Waals surface area contributed by atoms with Crippen molar-refractivity contribution in [3.05, 3.63) is 0 Å². The van der Waals surface area contributed by atoms with Crippen LogP contribution in [0, 0.1) is 0 Å². The van der Waals surface area contributed by atoms with E-state index in [0.717, 1.165) is 17.1 Å². The second kappa shape index (κ2) is 5.79. The van der Waals surface area contributed by atoms with Crippen LogP contribution in [-0.4, -0.2) is 53.8 Å². The monoisotopic (exact) mass is 264 g/mol. The van der Waals surface area contributed by atoms with Crippen molar-refractivity contribution in [2.45, 2.75) is 39.2 Å². The Morgan fingerprint density at radius 2 is 2.18 bits per heavy atom. The molecule has 0 aromatic rings. The molecule has 0 aliphatic carbocycles. The molecule has 0 aromatic carbocycles. The van der Waals surface area contributed by atoms with Crippen molar-refractivity contribution in [2.75, 3.05) is 19.6 Å². The zero-order chi connectivity index (χ0) is 13.1. The van der Waals surface area contributed by atoms with Gasteiger partial charge in [-0.15, -0.1) is 0 Å². The predicted molar refractivity (Wildman–Crippen MR) is 63.8 cm³/mol. The fourth-order valence-corrected chi connectivity index (χ4v) is 3.98. The normalized spacial score (nSPS) is 22.2. The average molecular weight is 264 g/mol. The Hall–Kier alpha value is -0.660. The Morgan fingerprint density at radius 3 is 2.59 bits per heavy atom. The molecule has 17 heavy (non-hydrogen) atoms. The zero-order valence-corrected chi connectivity index (χ0v) is 11.1. The number of carboxylic acids is 1. The van der Waals surface area contributed by atoms with Gasteiger partial charge in [-0.3, -0.25) is 4.79 Å². The lowest BCUT2D eigenvalue weighted by Crippen LogP contribution is -2.47. The van der Waals surface area contributed by atoms with Crippen molar-refractivity contribution >= 4 is 16.2 Å². The molecule has 0 aromatic heterocycles. The molecule has 7 heteroatoms. The second-order valence-electron chi connectivity index (χ2n) is 4.34. The van der Waals surface area contributed by atoms with Crippen molar-refractivity contribution in [2.24, 2.45) is 0 Å². The van der Waals surface area contributed by atoms with Crippen molar-refractivity contribution in [1.29, 1.82) is 0 Å². The molecule has 1 saturated heterocycles. The van der Waals surface area contributed by atoms with E-state index in [9.17, 15) is 13.2 Å². The maximum absolute atomic E-state index is 12.3. The number of nitrogens with zero attached hydrogens (tertiary/aromatic N) is 2. The fourth-order valence-electron chi connectivity index (χ4n) is 2.07. The number of rotatable bonds is 6. The molecule has 1 aliphatic heterocycles. The number of aliphatic carboxylic acids is 1. The quantitative estimate of drug-likeness (QED) is 0.758. The van der Waals surface area contributed by atoms with Crippen molar-refractivity contribution in [1.82, 2.24) is 8.61 Å². The van der Waals surface area contributed by atoms with Crippen LogP contribution in [0.2, 0.25) is 0 Å². The maximum Gasteiger partial charge on any atom is 0.318 e. The first-order valence-corrected chi connectivity index (χ1v) is 7.28. The van der Waals surface area contributed by atoms with E-state index in [2.05, 4.69) is 0 Å². The number of carbonyl (C=O) groups is 1. The van der Waals surface area contributed by atoms with Crippen LogP contribution in [0.4, 0.5) is 0 Å².